The van der Waals surface area contributed by atoms with Crippen molar-refractivity contribution in [1.82, 2.24) is 4.98 Å². The molecular weight excluding hydrogens is 298 g/mol. The first-order chi connectivity index (χ1) is 9.87. The second-order valence-electron chi connectivity index (χ2n) is 3.62. The summed E-state index contributed by atoms with van der Waals surface area (Å²) in [4.78, 5) is 9.19. The van der Waals surface area contributed by atoms with Gasteiger partial charge in [0.05, 0.1) is 7.11 Å². The molecule has 21 heavy (non-hydrogen) atoms. The highest BCUT2D eigenvalue weighted by Gasteiger charge is 2.10. The van der Waals surface area contributed by atoms with Crippen molar-refractivity contribution in [2.24, 2.45) is 0 Å². The van der Waals surface area contributed by atoms with Crippen LogP contribution in [0.1, 0.15) is 0 Å². The number of nitrogens with two attached hydrogens (primary N) is 1. The van der Waals surface area contributed by atoms with Crippen LogP contribution in [0, 0.1) is 0 Å². The summed E-state index contributed by atoms with van der Waals surface area (Å²) < 4.78 is 32.4. The van der Waals surface area contributed by atoms with Crippen LogP contribution in [-0.2, 0) is 14.6 Å². The second-order valence-corrected chi connectivity index (χ2v) is 4.77. The van der Waals surface area contributed by atoms with Crippen LogP contribution in [0.5, 0.6) is 0 Å². The molecular formula is C12H15N3O5S. The minimum atomic E-state index is -4.41. The van der Waals surface area contributed by atoms with Crippen molar-refractivity contribution in [3.63, 3.8) is 0 Å². The summed E-state index contributed by atoms with van der Waals surface area (Å²) in [6, 6.07) is 11.7. The third-order valence-electron chi connectivity index (χ3n) is 2.30. The van der Waals surface area contributed by atoms with Gasteiger partial charge in [0.25, 0.3) is 0 Å². The zero-order valence-electron chi connectivity index (χ0n) is 11.5. The van der Waals surface area contributed by atoms with Crippen LogP contribution >= 0.6 is 0 Å². The van der Waals surface area contributed by atoms with Crippen molar-refractivity contribution >= 4 is 16.3 Å². The Bertz CT molecular complexity index is 677. The monoisotopic (exact) mass is 313 g/mol. The zero-order chi connectivity index (χ0) is 15.9. The minimum Gasteiger partial charge on any atom is -0.726 e. The molecule has 1 aromatic heterocycles. The minimum absolute atomic E-state index is 0.332. The van der Waals surface area contributed by atoms with Crippen molar-refractivity contribution in [2.45, 2.75) is 0 Å². The van der Waals surface area contributed by atoms with Crippen LogP contribution in [0.25, 0.3) is 11.3 Å². The molecule has 1 aromatic carbocycles. The number of hydrogen-bond acceptors (Lipinski definition) is 7. The smallest absolute Gasteiger partial charge is 0.426 e. The molecule has 0 bridgehead atoms. The van der Waals surface area contributed by atoms with Crippen molar-refractivity contribution in [2.75, 3.05) is 20.0 Å². The summed E-state index contributed by atoms with van der Waals surface area (Å²) in [5.41, 5.74) is 7.57. The van der Waals surface area contributed by atoms with E-state index in [1.165, 1.54) is 4.73 Å². The molecule has 0 amide bonds. The van der Waals surface area contributed by atoms with Gasteiger partial charge in [-0.1, -0.05) is 40.0 Å². The Morgan fingerprint density at radius 1 is 1.19 bits per heavy atom. The number of rotatable bonds is 3. The van der Waals surface area contributed by atoms with Crippen LogP contribution in [0.3, 0.4) is 0 Å². The van der Waals surface area contributed by atoms with Gasteiger partial charge >= 0.3 is 5.95 Å². The molecule has 2 aromatic rings. The largest absolute Gasteiger partial charge is 0.726 e. The third kappa shape index (κ3) is 5.73. The average Bonchev–Trinajstić information content (AvgIpc) is 2.48. The molecule has 0 saturated heterocycles. The van der Waals surface area contributed by atoms with E-state index in [2.05, 4.69) is 9.17 Å². The SMILES string of the molecule is COS(=O)(=O)[O-].CO[n+]1ccc(-c2ccccc2)nc1N. The van der Waals surface area contributed by atoms with Gasteiger partial charge in [0, 0.05) is 11.6 Å². The van der Waals surface area contributed by atoms with Crippen LogP contribution in [-0.4, -0.2) is 32.2 Å². The predicted molar refractivity (Wildman–Crippen MR) is 73.5 cm³/mol. The first-order valence-corrected chi connectivity index (χ1v) is 7.00. The third-order valence-corrected chi connectivity index (χ3v) is 2.71. The Balaban J connectivity index is 0.000000315. The summed E-state index contributed by atoms with van der Waals surface area (Å²) in [6.07, 6.45) is 1.74. The summed E-state index contributed by atoms with van der Waals surface area (Å²) in [5.74, 6) is 0.332. The molecule has 114 valence electrons. The lowest BCUT2D eigenvalue weighted by atomic mass is 10.1. The van der Waals surface area contributed by atoms with Crippen molar-refractivity contribution < 1.29 is 26.7 Å². The van der Waals surface area contributed by atoms with E-state index in [0.29, 0.717) is 5.95 Å². The first kappa shape index (κ1) is 16.8. The van der Waals surface area contributed by atoms with Crippen molar-refractivity contribution in [1.29, 1.82) is 0 Å². The molecule has 0 unspecified atom stereocenters. The lowest BCUT2D eigenvalue weighted by molar-refractivity contribution is -0.875. The fourth-order valence-corrected chi connectivity index (χ4v) is 1.35. The fraction of sp³-hybridized carbons (Fsp3) is 0.167. The molecule has 2 rings (SSSR count). The number of hydrogen-bond donors (Lipinski definition) is 1. The summed E-state index contributed by atoms with van der Waals surface area (Å²) in [7, 11) is -2.06. The maximum atomic E-state index is 9.22. The molecule has 0 atom stereocenters. The van der Waals surface area contributed by atoms with Gasteiger partial charge in [-0.15, -0.1) is 0 Å². The quantitative estimate of drug-likeness (QED) is 0.472. The Labute approximate surface area is 122 Å². The zero-order valence-corrected chi connectivity index (χ0v) is 12.3. The Hall–Kier alpha value is -2.23. The maximum Gasteiger partial charge on any atom is 0.426 e. The summed E-state index contributed by atoms with van der Waals surface area (Å²) in [6.45, 7) is 0. The highest BCUT2D eigenvalue weighted by molar-refractivity contribution is 7.80. The van der Waals surface area contributed by atoms with Gasteiger partial charge in [0.2, 0.25) is 10.4 Å². The van der Waals surface area contributed by atoms with Gasteiger partial charge in [0.15, 0.2) is 5.69 Å². The maximum absolute atomic E-state index is 9.22. The molecule has 0 saturated carbocycles. The number of benzene rings is 1. The van der Waals surface area contributed by atoms with E-state index in [1.54, 1.807) is 13.3 Å². The predicted octanol–water partition coefficient (Wildman–Crippen LogP) is -0.230. The highest BCUT2D eigenvalue weighted by atomic mass is 32.3. The number of aromatic nitrogens is 2. The lowest BCUT2D eigenvalue weighted by Gasteiger charge is -2.00. The molecule has 0 fully saturated rings. The number of nitrogen functional groups attached to an aromatic ring is 1. The van der Waals surface area contributed by atoms with Gasteiger partial charge in [-0.3, -0.25) is 9.92 Å². The Morgan fingerprint density at radius 2 is 1.76 bits per heavy atom. The van der Waals surface area contributed by atoms with Gasteiger partial charge < -0.3 is 9.39 Å². The van der Waals surface area contributed by atoms with Crippen LogP contribution in [0.4, 0.5) is 5.95 Å². The highest BCUT2D eigenvalue weighted by Crippen LogP contribution is 2.14. The van der Waals surface area contributed by atoms with E-state index in [0.717, 1.165) is 18.4 Å². The summed E-state index contributed by atoms with van der Waals surface area (Å²) >= 11 is 0. The van der Waals surface area contributed by atoms with Crippen LogP contribution in [0.2, 0.25) is 0 Å². The normalized spacial score (nSPS) is 10.4. The molecule has 0 radical (unpaired) electrons. The van der Waals surface area contributed by atoms with E-state index in [4.69, 9.17) is 10.6 Å². The van der Waals surface area contributed by atoms with Crippen molar-refractivity contribution in [3.05, 3.63) is 42.6 Å². The standard InChI is InChI=1S/C11H11N3O.CH4O4S/c1-15-14-8-7-10(13-11(14)12)9-5-3-2-4-6-9;1-5-6(2,3)4/h2-8,12H,1H3;1H3,(H,2,3,4). The van der Waals surface area contributed by atoms with Gasteiger partial charge in [0.1, 0.15) is 13.3 Å². The van der Waals surface area contributed by atoms with E-state index in [9.17, 15) is 13.0 Å². The van der Waals surface area contributed by atoms with Crippen molar-refractivity contribution in [3.8, 4) is 11.3 Å². The lowest BCUT2D eigenvalue weighted by Crippen LogP contribution is -2.43. The molecule has 0 aliphatic carbocycles. The van der Waals surface area contributed by atoms with Gasteiger partial charge in [-0.25, -0.2) is 8.42 Å². The second kappa shape index (κ2) is 7.53. The molecule has 0 aliphatic rings. The van der Waals surface area contributed by atoms with E-state index >= 15 is 0 Å². The van der Waals surface area contributed by atoms with E-state index in [1.807, 2.05) is 36.4 Å². The first-order valence-electron chi connectivity index (χ1n) is 5.67. The molecule has 2 N–H and O–H groups in total. The molecule has 1 heterocycles. The molecule has 8 nitrogen and oxygen atoms in total. The Morgan fingerprint density at radius 3 is 2.19 bits per heavy atom. The Kier molecular flexibility index (Phi) is 6.03. The molecule has 0 aliphatic heterocycles. The van der Waals surface area contributed by atoms with E-state index in [-0.39, 0.29) is 0 Å². The van der Waals surface area contributed by atoms with Crippen LogP contribution < -0.4 is 15.3 Å². The number of nitrogens with zero attached hydrogens (tertiary/aromatic N) is 2. The average molecular weight is 313 g/mol. The van der Waals surface area contributed by atoms with Gasteiger partial charge in [-0.2, -0.15) is 0 Å². The van der Waals surface area contributed by atoms with Crippen LogP contribution in [0.15, 0.2) is 42.6 Å². The molecule has 9 heteroatoms. The fourth-order valence-electron chi connectivity index (χ4n) is 1.35. The number of anilines is 1. The molecule has 0 spiro atoms. The van der Waals surface area contributed by atoms with Gasteiger partial charge in [-0.05, 0) is 0 Å². The van der Waals surface area contributed by atoms with E-state index < -0.39 is 10.4 Å². The summed E-state index contributed by atoms with van der Waals surface area (Å²) in [5, 5.41) is 0. The topological polar surface area (TPSA) is 118 Å².